The minimum Gasteiger partial charge on any atom is -0.497 e. The first-order valence-electron chi connectivity index (χ1n) is 7.95. The topological polar surface area (TPSA) is 60.5 Å². The minimum atomic E-state index is -1.17. The average molecular weight is 390 g/mol. The molecule has 1 amide bonds. The number of rotatable bonds is 6. The third-order valence-corrected chi connectivity index (χ3v) is 4.56. The molecule has 1 aromatic heterocycles. The maximum atomic E-state index is 14.1. The van der Waals surface area contributed by atoms with E-state index in [2.05, 4.69) is 10.3 Å². The second-order valence-corrected chi connectivity index (χ2v) is 6.44. The fourth-order valence-corrected chi connectivity index (χ4v) is 3.13. The summed E-state index contributed by atoms with van der Waals surface area (Å²) in [4.78, 5) is 15.4. The number of ether oxygens (including phenoxy) is 2. The molecule has 0 radical (unpaired) electrons. The fraction of sp³-hybridized carbons (Fsp3) is 0.158. The normalized spacial score (nSPS) is 10.5. The molecule has 0 saturated heterocycles. The van der Waals surface area contributed by atoms with Gasteiger partial charge in [0.1, 0.15) is 17.4 Å². The van der Waals surface area contributed by atoms with E-state index in [1.807, 2.05) is 24.3 Å². The highest BCUT2D eigenvalue weighted by Gasteiger charge is 2.16. The van der Waals surface area contributed by atoms with Crippen LogP contribution in [0.25, 0.3) is 10.6 Å². The van der Waals surface area contributed by atoms with Gasteiger partial charge in [-0.3, -0.25) is 4.79 Å². The number of nitrogens with zero attached hydrogens (tertiary/aromatic N) is 1. The van der Waals surface area contributed by atoms with Crippen molar-refractivity contribution in [2.45, 2.75) is 13.5 Å². The quantitative estimate of drug-likeness (QED) is 0.666. The number of anilines is 1. The Morgan fingerprint density at radius 1 is 1.15 bits per heavy atom. The zero-order chi connectivity index (χ0) is 19.4. The van der Waals surface area contributed by atoms with Crippen LogP contribution in [0.2, 0.25) is 0 Å². The molecule has 1 heterocycles. The summed E-state index contributed by atoms with van der Waals surface area (Å²) in [6.45, 7) is 1.20. The molecule has 0 spiro atoms. The summed E-state index contributed by atoms with van der Waals surface area (Å²) in [5.74, 6) is -2.32. The molecule has 3 aromatic rings. The molecule has 0 unspecified atom stereocenters. The highest BCUT2D eigenvalue weighted by atomic mass is 32.1. The number of carbonyl (C=O) groups excluding carboxylic acids is 1. The molecule has 0 bridgehead atoms. The molecule has 0 fully saturated rings. The molecule has 1 N–H and O–H groups in total. The first-order chi connectivity index (χ1) is 13.0. The summed E-state index contributed by atoms with van der Waals surface area (Å²) < 4.78 is 38.5. The van der Waals surface area contributed by atoms with E-state index >= 15 is 0 Å². The van der Waals surface area contributed by atoms with Gasteiger partial charge in [-0.25, -0.2) is 9.37 Å². The lowest BCUT2D eigenvalue weighted by Gasteiger charge is -2.09. The molecule has 0 atom stereocenters. The Balaban J connectivity index is 1.69. The number of hydrogen-bond donors (Lipinski definition) is 1. The number of hydrogen-bond acceptors (Lipinski definition) is 5. The van der Waals surface area contributed by atoms with Crippen molar-refractivity contribution in [1.82, 2.24) is 4.98 Å². The first kappa shape index (κ1) is 18.8. The van der Waals surface area contributed by atoms with Gasteiger partial charge in [0, 0.05) is 17.9 Å². The van der Waals surface area contributed by atoms with E-state index in [9.17, 15) is 13.6 Å². The summed E-state index contributed by atoms with van der Waals surface area (Å²) in [5.41, 5.74) is 1.28. The molecule has 3 rings (SSSR count). The van der Waals surface area contributed by atoms with Crippen LogP contribution in [-0.2, 0) is 11.4 Å². The van der Waals surface area contributed by atoms with Gasteiger partial charge in [-0.2, -0.15) is 4.39 Å². The molecule has 0 aliphatic carbocycles. The number of thiazole rings is 1. The molecule has 140 valence electrons. The Labute approximate surface area is 158 Å². The summed E-state index contributed by atoms with van der Waals surface area (Å²) in [6, 6.07) is 9.96. The van der Waals surface area contributed by atoms with Gasteiger partial charge >= 0.3 is 0 Å². The average Bonchev–Trinajstić information content (AvgIpc) is 3.14. The van der Waals surface area contributed by atoms with Gasteiger partial charge in [0.2, 0.25) is 11.7 Å². The van der Waals surface area contributed by atoms with Gasteiger partial charge in [-0.1, -0.05) is 0 Å². The van der Waals surface area contributed by atoms with Crippen LogP contribution in [0.15, 0.2) is 41.8 Å². The van der Waals surface area contributed by atoms with Gasteiger partial charge in [-0.05, 0) is 36.4 Å². The minimum absolute atomic E-state index is 0.0114. The molecule has 0 aliphatic rings. The van der Waals surface area contributed by atoms with Crippen LogP contribution in [0, 0.1) is 11.6 Å². The number of methoxy groups -OCH3 is 1. The monoisotopic (exact) mass is 390 g/mol. The van der Waals surface area contributed by atoms with E-state index in [1.165, 1.54) is 30.4 Å². The molecular weight excluding hydrogens is 374 g/mol. The Bertz CT molecular complexity index is 958. The van der Waals surface area contributed by atoms with Crippen molar-refractivity contribution in [3.8, 4) is 22.1 Å². The van der Waals surface area contributed by atoms with Crippen LogP contribution in [0.3, 0.4) is 0 Å². The van der Waals surface area contributed by atoms with Gasteiger partial charge < -0.3 is 14.8 Å². The number of carbonyl (C=O) groups is 1. The Hall–Kier alpha value is -3.00. The van der Waals surface area contributed by atoms with Crippen LogP contribution >= 0.6 is 11.3 Å². The molecule has 5 nitrogen and oxygen atoms in total. The molecule has 27 heavy (non-hydrogen) atoms. The maximum absolute atomic E-state index is 14.1. The third kappa shape index (κ3) is 4.40. The summed E-state index contributed by atoms with van der Waals surface area (Å²) in [7, 11) is 1.60. The van der Waals surface area contributed by atoms with Crippen molar-refractivity contribution in [2.75, 3.05) is 12.4 Å². The lowest BCUT2D eigenvalue weighted by molar-refractivity contribution is -0.114. The molecular formula is C19H16F2N2O3S. The summed E-state index contributed by atoms with van der Waals surface area (Å²) in [6.07, 6.45) is 0. The van der Waals surface area contributed by atoms with E-state index in [4.69, 9.17) is 9.47 Å². The smallest absolute Gasteiger partial charge is 0.221 e. The fourth-order valence-electron chi connectivity index (χ4n) is 2.32. The SMILES string of the molecule is COc1ccc(-c2nc(COc3ccc(NC(C)=O)c(F)c3F)cs2)cc1. The van der Waals surface area contributed by atoms with Crippen molar-refractivity contribution in [1.29, 1.82) is 0 Å². The van der Waals surface area contributed by atoms with Crippen LogP contribution in [-0.4, -0.2) is 18.0 Å². The van der Waals surface area contributed by atoms with Crippen molar-refractivity contribution < 1.29 is 23.0 Å². The number of amides is 1. The number of nitrogens with one attached hydrogen (secondary N) is 1. The van der Waals surface area contributed by atoms with Gasteiger partial charge in [0.05, 0.1) is 18.5 Å². The van der Waals surface area contributed by atoms with E-state index < -0.39 is 17.5 Å². The van der Waals surface area contributed by atoms with Crippen LogP contribution < -0.4 is 14.8 Å². The third-order valence-electron chi connectivity index (χ3n) is 3.62. The summed E-state index contributed by atoms with van der Waals surface area (Å²) >= 11 is 1.42. The zero-order valence-corrected chi connectivity index (χ0v) is 15.4. The van der Waals surface area contributed by atoms with E-state index in [1.54, 1.807) is 12.5 Å². The number of aromatic nitrogens is 1. The van der Waals surface area contributed by atoms with Gasteiger partial charge in [0.25, 0.3) is 0 Å². The Morgan fingerprint density at radius 3 is 2.56 bits per heavy atom. The first-order valence-corrected chi connectivity index (χ1v) is 8.83. The zero-order valence-electron chi connectivity index (χ0n) is 14.6. The lowest BCUT2D eigenvalue weighted by atomic mass is 10.2. The Kier molecular flexibility index (Phi) is 5.66. The molecule has 8 heteroatoms. The number of benzene rings is 2. The van der Waals surface area contributed by atoms with Crippen molar-refractivity contribution in [2.24, 2.45) is 0 Å². The standard InChI is InChI=1S/C19H16F2N2O3S/c1-11(24)22-15-7-8-16(18(21)17(15)20)26-9-13-10-27-19(23-13)12-3-5-14(25-2)6-4-12/h3-8,10H,9H2,1-2H3,(H,22,24). The molecule has 0 aliphatic heterocycles. The lowest BCUT2D eigenvalue weighted by Crippen LogP contribution is -2.09. The van der Waals surface area contributed by atoms with Crippen LogP contribution in [0.5, 0.6) is 11.5 Å². The molecule has 2 aromatic carbocycles. The van der Waals surface area contributed by atoms with Crippen molar-refractivity contribution in [3.63, 3.8) is 0 Å². The number of halogens is 2. The Morgan fingerprint density at radius 2 is 1.89 bits per heavy atom. The second-order valence-electron chi connectivity index (χ2n) is 5.58. The van der Waals surface area contributed by atoms with Crippen LogP contribution in [0.4, 0.5) is 14.5 Å². The summed E-state index contributed by atoms with van der Waals surface area (Å²) in [5, 5.41) is 4.79. The van der Waals surface area contributed by atoms with Gasteiger partial charge in [0.15, 0.2) is 11.6 Å². The predicted molar refractivity (Wildman–Crippen MR) is 99.1 cm³/mol. The van der Waals surface area contributed by atoms with E-state index in [0.717, 1.165) is 16.3 Å². The van der Waals surface area contributed by atoms with E-state index in [0.29, 0.717) is 5.69 Å². The van der Waals surface area contributed by atoms with E-state index in [-0.39, 0.29) is 18.0 Å². The highest BCUT2D eigenvalue weighted by Crippen LogP contribution is 2.28. The largest absolute Gasteiger partial charge is 0.497 e. The maximum Gasteiger partial charge on any atom is 0.221 e. The second kappa shape index (κ2) is 8.13. The molecule has 0 saturated carbocycles. The van der Waals surface area contributed by atoms with Gasteiger partial charge in [-0.15, -0.1) is 11.3 Å². The predicted octanol–water partition coefficient (Wildman–Crippen LogP) is 4.63. The highest BCUT2D eigenvalue weighted by molar-refractivity contribution is 7.13. The van der Waals surface area contributed by atoms with Crippen LogP contribution in [0.1, 0.15) is 12.6 Å². The van der Waals surface area contributed by atoms with Crippen molar-refractivity contribution >= 4 is 22.9 Å². The van der Waals surface area contributed by atoms with Crippen molar-refractivity contribution in [3.05, 3.63) is 59.1 Å².